The number of aliphatic hydroxyl groups excluding tert-OH is 1. The minimum atomic E-state index is -0.132. The summed E-state index contributed by atoms with van der Waals surface area (Å²) in [6.07, 6.45) is 4.87. The number of rotatable bonds is 10. The maximum atomic E-state index is 8.92. The second-order valence-electron chi connectivity index (χ2n) is 6.83. The SMILES string of the molecule is CC(CO)OCC(C)OCC(C)OC1(C(C)C)CCCC1. The molecule has 1 rings (SSSR count). The van der Waals surface area contributed by atoms with Crippen LogP contribution in [0.15, 0.2) is 0 Å². The first kappa shape index (κ1) is 18.9. The average molecular weight is 302 g/mol. The molecule has 3 atom stereocenters. The van der Waals surface area contributed by atoms with E-state index in [1.807, 2.05) is 13.8 Å². The van der Waals surface area contributed by atoms with Gasteiger partial charge < -0.3 is 19.3 Å². The molecule has 0 amide bonds. The molecule has 1 saturated carbocycles. The van der Waals surface area contributed by atoms with Crippen LogP contribution >= 0.6 is 0 Å². The number of hydrogen-bond acceptors (Lipinski definition) is 4. The van der Waals surface area contributed by atoms with E-state index in [9.17, 15) is 0 Å². The van der Waals surface area contributed by atoms with Crippen molar-refractivity contribution in [1.29, 1.82) is 0 Å². The Balaban J connectivity index is 2.28. The Morgan fingerprint density at radius 3 is 1.90 bits per heavy atom. The molecule has 21 heavy (non-hydrogen) atoms. The lowest BCUT2D eigenvalue weighted by Gasteiger charge is -2.36. The molecule has 4 heteroatoms. The van der Waals surface area contributed by atoms with Crippen molar-refractivity contribution in [2.75, 3.05) is 19.8 Å². The van der Waals surface area contributed by atoms with Gasteiger partial charge in [0.2, 0.25) is 0 Å². The van der Waals surface area contributed by atoms with Crippen molar-refractivity contribution in [3.63, 3.8) is 0 Å². The molecule has 126 valence electrons. The third-order valence-electron chi connectivity index (χ3n) is 4.43. The van der Waals surface area contributed by atoms with Crippen LogP contribution in [0.3, 0.4) is 0 Å². The molecule has 1 N–H and O–H groups in total. The molecule has 0 bridgehead atoms. The first-order valence-electron chi connectivity index (χ1n) is 8.41. The molecule has 1 fully saturated rings. The van der Waals surface area contributed by atoms with Gasteiger partial charge in [0, 0.05) is 0 Å². The Morgan fingerprint density at radius 1 is 0.857 bits per heavy atom. The fourth-order valence-corrected chi connectivity index (χ4v) is 2.94. The van der Waals surface area contributed by atoms with Gasteiger partial charge in [-0.1, -0.05) is 26.7 Å². The Kier molecular flexibility index (Phi) is 8.17. The van der Waals surface area contributed by atoms with E-state index in [1.165, 1.54) is 25.7 Å². The van der Waals surface area contributed by atoms with Gasteiger partial charge >= 0.3 is 0 Å². The summed E-state index contributed by atoms with van der Waals surface area (Å²) in [5.74, 6) is 0.550. The van der Waals surface area contributed by atoms with E-state index in [1.54, 1.807) is 0 Å². The summed E-state index contributed by atoms with van der Waals surface area (Å²) in [5.41, 5.74) is 0.0495. The second-order valence-corrected chi connectivity index (χ2v) is 6.83. The fourth-order valence-electron chi connectivity index (χ4n) is 2.94. The summed E-state index contributed by atoms with van der Waals surface area (Å²) in [5, 5.41) is 8.92. The summed E-state index contributed by atoms with van der Waals surface area (Å²) >= 11 is 0. The van der Waals surface area contributed by atoms with Crippen molar-refractivity contribution in [2.24, 2.45) is 5.92 Å². The highest BCUT2D eigenvalue weighted by molar-refractivity contribution is 4.90. The van der Waals surface area contributed by atoms with E-state index in [0.29, 0.717) is 19.1 Å². The van der Waals surface area contributed by atoms with E-state index in [-0.39, 0.29) is 30.5 Å². The molecule has 0 spiro atoms. The lowest BCUT2D eigenvalue weighted by Crippen LogP contribution is -2.40. The van der Waals surface area contributed by atoms with Crippen molar-refractivity contribution in [3.05, 3.63) is 0 Å². The molecule has 4 nitrogen and oxygen atoms in total. The van der Waals surface area contributed by atoms with E-state index in [4.69, 9.17) is 19.3 Å². The van der Waals surface area contributed by atoms with Crippen molar-refractivity contribution < 1.29 is 19.3 Å². The maximum Gasteiger partial charge on any atom is 0.0788 e. The number of aliphatic hydroxyl groups is 1. The Hall–Kier alpha value is -0.160. The third-order valence-corrected chi connectivity index (χ3v) is 4.43. The van der Waals surface area contributed by atoms with E-state index >= 15 is 0 Å². The molecular weight excluding hydrogens is 268 g/mol. The van der Waals surface area contributed by atoms with Crippen LogP contribution in [0.5, 0.6) is 0 Å². The molecule has 0 radical (unpaired) electrons. The van der Waals surface area contributed by atoms with Gasteiger partial charge in [-0.25, -0.2) is 0 Å². The molecule has 0 aromatic heterocycles. The zero-order valence-electron chi connectivity index (χ0n) is 14.4. The zero-order valence-corrected chi connectivity index (χ0v) is 14.4. The largest absolute Gasteiger partial charge is 0.394 e. The van der Waals surface area contributed by atoms with Crippen molar-refractivity contribution in [2.45, 2.75) is 84.2 Å². The quantitative estimate of drug-likeness (QED) is 0.673. The smallest absolute Gasteiger partial charge is 0.0788 e. The molecule has 0 saturated heterocycles. The normalized spacial score (nSPS) is 22.4. The van der Waals surface area contributed by atoms with Crippen LogP contribution in [0.4, 0.5) is 0 Å². The molecule has 0 aromatic rings. The average Bonchev–Trinajstić information content (AvgIpc) is 2.92. The molecule has 0 heterocycles. The van der Waals surface area contributed by atoms with E-state index < -0.39 is 0 Å². The first-order valence-corrected chi connectivity index (χ1v) is 8.41. The summed E-state index contributed by atoms with van der Waals surface area (Å²) < 4.78 is 17.6. The van der Waals surface area contributed by atoms with Gasteiger partial charge in [0.25, 0.3) is 0 Å². The molecule has 1 aliphatic carbocycles. The monoisotopic (exact) mass is 302 g/mol. The van der Waals surface area contributed by atoms with Gasteiger partial charge in [-0.2, -0.15) is 0 Å². The Bertz CT molecular complexity index is 274. The van der Waals surface area contributed by atoms with Crippen LogP contribution in [0.2, 0.25) is 0 Å². The predicted molar refractivity (Wildman–Crippen MR) is 84.5 cm³/mol. The summed E-state index contributed by atoms with van der Waals surface area (Å²) in [6, 6.07) is 0. The van der Waals surface area contributed by atoms with Gasteiger partial charge in [0.15, 0.2) is 0 Å². The highest BCUT2D eigenvalue weighted by Crippen LogP contribution is 2.40. The van der Waals surface area contributed by atoms with Crippen LogP contribution in [-0.2, 0) is 14.2 Å². The minimum absolute atomic E-state index is 0.0172. The Labute approximate surface area is 130 Å². The Morgan fingerprint density at radius 2 is 1.38 bits per heavy atom. The van der Waals surface area contributed by atoms with Gasteiger partial charge in [0.1, 0.15) is 0 Å². The zero-order chi connectivity index (χ0) is 15.9. The molecular formula is C17H34O4. The maximum absolute atomic E-state index is 8.92. The van der Waals surface area contributed by atoms with Crippen LogP contribution in [-0.4, -0.2) is 48.8 Å². The summed E-state index contributed by atoms with van der Waals surface area (Å²) in [4.78, 5) is 0. The van der Waals surface area contributed by atoms with Gasteiger partial charge in [0.05, 0.1) is 43.7 Å². The van der Waals surface area contributed by atoms with E-state index in [2.05, 4.69) is 20.8 Å². The molecule has 3 unspecified atom stereocenters. The molecule has 0 aromatic carbocycles. The highest BCUT2D eigenvalue weighted by atomic mass is 16.6. The van der Waals surface area contributed by atoms with Crippen molar-refractivity contribution >= 4 is 0 Å². The lowest BCUT2D eigenvalue weighted by molar-refractivity contribution is -0.143. The third kappa shape index (κ3) is 6.23. The van der Waals surface area contributed by atoms with Gasteiger partial charge in [-0.15, -0.1) is 0 Å². The second kappa shape index (κ2) is 9.09. The van der Waals surface area contributed by atoms with Gasteiger partial charge in [-0.3, -0.25) is 0 Å². The van der Waals surface area contributed by atoms with Crippen molar-refractivity contribution in [1.82, 2.24) is 0 Å². The van der Waals surface area contributed by atoms with E-state index in [0.717, 1.165) is 0 Å². The summed E-state index contributed by atoms with van der Waals surface area (Å²) in [6.45, 7) is 11.6. The summed E-state index contributed by atoms with van der Waals surface area (Å²) in [7, 11) is 0. The minimum Gasteiger partial charge on any atom is -0.394 e. The van der Waals surface area contributed by atoms with Crippen LogP contribution < -0.4 is 0 Å². The van der Waals surface area contributed by atoms with Crippen LogP contribution in [0.25, 0.3) is 0 Å². The lowest BCUT2D eigenvalue weighted by atomic mass is 9.88. The van der Waals surface area contributed by atoms with Crippen molar-refractivity contribution in [3.8, 4) is 0 Å². The first-order chi connectivity index (χ1) is 9.89. The van der Waals surface area contributed by atoms with Crippen LogP contribution in [0.1, 0.15) is 60.3 Å². The molecule has 0 aliphatic heterocycles. The number of hydrogen-bond donors (Lipinski definition) is 1. The predicted octanol–water partition coefficient (Wildman–Crippen LogP) is 3.16. The highest BCUT2D eigenvalue weighted by Gasteiger charge is 2.39. The topological polar surface area (TPSA) is 47.9 Å². The standard InChI is InChI=1S/C17H34O4/c1-13(2)17(8-6-7-9-17)21-16(5)12-20-15(4)11-19-14(3)10-18/h13-16,18H,6-12H2,1-5H3. The fraction of sp³-hybridized carbons (Fsp3) is 1.00. The van der Waals surface area contributed by atoms with Gasteiger partial charge in [-0.05, 0) is 39.5 Å². The number of ether oxygens (including phenoxy) is 3. The molecule has 1 aliphatic rings. The van der Waals surface area contributed by atoms with Crippen LogP contribution in [0, 0.1) is 5.92 Å².